The zero-order valence-corrected chi connectivity index (χ0v) is 7.92. The summed E-state index contributed by atoms with van der Waals surface area (Å²) in [6.45, 7) is 5.35. The lowest BCUT2D eigenvalue weighted by atomic mass is 9.90. The highest BCUT2D eigenvalue weighted by molar-refractivity contribution is 4.81. The van der Waals surface area contributed by atoms with Crippen molar-refractivity contribution in [3.05, 3.63) is 0 Å². The van der Waals surface area contributed by atoms with Gasteiger partial charge >= 0.3 is 0 Å². The van der Waals surface area contributed by atoms with Gasteiger partial charge in [0.1, 0.15) is 0 Å². The van der Waals surface area contributed by atoms with Gasteiger partial charge in [-0.15, -0.1) is 0 Å². The van der Waals surface area contributed by atoms with E-state index in [1.807, 2.05) is 13.8 Å². The van der Waals surface area contributed by atoms with Crippen molar-refractivity contribution in [1.29, 1.82) is 0 Å². The van der Waals surface area contributed by atoms with E-state index in [0.29, 0.717) is 18.9 Å². The van der Waals surface area contributed by atoms with Crippen LogP contribution in [0.2, 0.25) is 0 Å². The van der Waals surface area contributed by atoms with Crippen LogP contribution in [0.5, 0.6) is 0 Å². The maximum Gasteiger partial charge on any atom is 0.0608 e. The summed E-state index contributed by atoms with van der Waals surface area (Å²) in [7, 11) is 0. The SMILES string of the molecule is CC(C)(N)CC(O)C1CCOC1. The van der Waals surface area contributed by atoms with Gasteiger partial charge in [-0.3, -0.25) is 0 Å². The molecule has 0 amide bonds. The number of hydrogen-bond donors (Lipinski definition) is 2. The van der Waals surface area contributed by atoms with E-state index in [4.69, 9.17) is 10.5 Å². The van der Waals surface area contributed by atoms with E-state index < -0.39 is 0 Å². The summed E-state index contributed by atoms with van der Waals surface area (Å²) in [6, 6.07) is 0. The third kappa shape index (κ3) is 3.09. The van der Waals surface area contributed by atoms with Gasteiger partial charge in [-0.25, -0.2) is 0 Å². The average Bonchev–Trinajstić information content (AvgIpc) is 2.32. The summed E-state index contributed by atoms with van der Waals surface area (Å²) in [6.07, 6.45) is 1.32. The number of rotatable bonds is 3. The number of aliphatic hydroxyl groups is 1. The van der Waals surface area contributed by atoms with Crippen LogP contribution in [0.25, 0.3) is 0 Å². The first-order chi connectivity index (χ1) is 5.49. The Balaban J connectivity index is 2.31. The maximum atomic E-state index is 9.72. The predicted octanol–water partition coefficient (Wildman–Crippen LogP) is 0.511. The molecule has 1 aliphatic heterocycles. The molecule has 1 aliphatic rings. The molecule has 72 valence electrons. The van der Waals surface area contributed by atoms with E-state index >= 15 is 0 Å². The lowest BCUT2D eigenvalue weighted by Crippen LogP contribution is -2.38. The molecule has 0 radical (unpaired) electrons. The first-order valence-electron chi connectivity index (χ1n) is 4.54. The molecule has 0 bridgehead atoms. The fraction of sp³-hybridized carbons (Fsp3) is 1.00. The summed E-state index contributed by atoms with van der Waals surface area (Å²) in [5.41, 5.74) is 5.53. The van der Waals surface area contributed by atoms with Crippen LogP contribution in [0.4, 0.5) is 0 Å². The Morgan fingerprint density at radius 2 is 2.33 bits per heavy atom. The summed E-state index contributed by atoms with van der Waals surface area (Å²) < 4.78 is 5.19. The summed E-state index contributed by atoms with van der Waals surface area (Å²) >= 11 is 0. The van der Waals surface area contributed by atoms with Gasteiger partial charge in [-0.05, 0) is 26.7 Å². The fourth-order valence-electron chi connectivity index (χ4n) is 1.56. The van der Waals surface area contributed by atoms with Gasteiger partial charge in [0.05, 0.1) is 12.7 Å². The molecule has 2 atom stereocenters. The van der Waals surface area contributed by atoms with Crippen LogP contribution >= 0.6 is 0 Å². The van der Waals surface area contributed by atoms with Crippen molar-refractivity contribution in [2.45, 2.75) is 38.3 Å². The number of ether oxygens (including phenoxy) is 1. The molecule has 1 saturated heterocycles. The van der Waals surface area contributed by atoms with Crippen LogP contribution in [-0.4, -0.2) is 30.0 Å². The van der Waals surface area contributed by atoms with Crippen molar-refractivity contribution in [3.8, 4) is 0 Å². The second-order valence-electron chi connectivity index (χ2n) is 4.38. The van der Waals surface area contributed by atoms with Gasteiger partial charge in [0.2, 0.25) is 0 Å². The molecule has 0 spiro atoms. The first kappa shape index (κ1) is 9.96. The van der Waals surface area contributed by atoms with Gasteiger partial charge in [0.25, 0.3) is 0 Å². The van der Waals surface area contributed by atoms with E-state index in [0.717, 1.165) is 13.0 Å². The lowest BCUT2D eigenvalue weighted by molar-refractivity contribution is 0.0699. The Morgan fingerprint density at radius 1 is 1.67 bits per heavy atom. The molecule has 3 heteroatoms. The number of nitrogens with two attached hydrogens (primary N) is 1. The number of aliphatic hydroxyl groups excluding tert-OH is 1. The molecule has 0 saturated carbocycles. The first-order valence-corrected chi connectivity index (χ1v) is 4.54. The Labute approximate surface area is 73.9 Å². The zero-order chi connectivity index (χ0) is 9.19. The Morgan fingerprint density at radius 3 is 2.75 bits per heavy atom. The van der Waals surface area contributed by atoms with Crippen molar-refractivity contribution in [2.75, 3.05) is 13.2 Å². The van der Waals surface area contributed by atoms with Crippen molar-refractivity contribution < 1.29 is 9.84 Å². The molecule has 12 heavy (non-hydrogen) atoms. The van der Waals surface area contributed by atoms with E-state index in [1.54, 1.807) is 0 Å². The third-order valence-electron chi connectivity index (χ3n) is 2.24. The van der Waals surface area contributed by atoms with Crippen molar-refractivity contribution >= 4 is 0 Å². The highest BCUT2D eigenvalue weighted by Crippen LogP contribution is 2.22. The third-order valence-corrected chi connectivity index (χ3v) is 2.24. The van der Waals surface area contributed by atoms with E-state index in [9.17, 15) is 5.11 Å². The monoisotopic (exact) mass is 173 g/mol. The molecule has 0 aromatic rings. The molecule has 1 rings (SSSR count). The molecule has 0 aromatic heterocycles. The Bertz CT molecular complexity index is 136. The molecular weight excluding hydrogens is 154 g/mol. The van der Waals surface area contributed by atoms with Crippen LogP contribution in [-0.2, 0) is 4.74 Å². The molecule has 3 N–H and O–H groups in total. The topological polar surface area (TPSA) is 55.5 Å². The molecule has 1 fully saturated rings. The molecule has 3 nitrogen and oxygen atoms in total. The fourth-order valence-corrected chi connectivity index (χ4v) is 1.56. The van der Waals surface area contributed by atoms with Gasteiger partial charge in [0.15, 0.2) is 0 Å². The predicted molar refractivity (Wildman–Crippen MR) is 47.8 cm³/mol. The van der Waals surface area contributed by atoms with E-state index in [1.165, 1.54) is 0 Å². The van der Waals surface area contributed by atoms with Crippen LogP contribution in [0.1, 0.15) is 26.7 Å². The summed E-state index contributed by atoms with van der Waals surface area (Å²) in [5.74, 6) is 0.299. The summed E-state index contributed by atoms with van der Waals surface area (Å²) in [5, 5.41) is 9.72. The minimum atomic E-state index is -0.299. The van der Waals surface area contributed by atoms with Gasteiger partial charge in [0, 0.05) is 18.1 Å². The smallest absolute Gasteiger partial charge is 0.0608 e. The minimum absolute atomic E-state index is 0.276. The van der Waals surface area contributed by atoms with Crippen LogP contribution in [0.3, 0.4) is 0 Å². The molecular formula is C9H19NO2. The van der Waals surface area contributed by atoms with Gasteiger partial charge in [-0.2, -0.15) is 0 Å². The second-order valence-corrected chi connectivity index (χ2v) is 4.38. The average molecular weight is 173 g/mol. The normalized spacial score (nSPS) is 27.5. The highest BCUT2D eigenvalue weighted by Gasteiger charge is 2.27. The Kier molecular flexibility index (Phi) is 3.09. The molecule has 0 aliphatic carbocycles. The summed E-state index contributed by atoms with van der Waals surface area (Å²) in [4.78, 5) is 0. The van der Waals surface area contributed by atoms with Crippen molar-refractivity contribution in [1.82, 2.24) is 0 Å². The highest BCUT2D eigenvalue weighted by atomic mass is 16.5. The van der Waals surface area contributed by atoms with Crippen LogP contribution in [0.15, 0.2) is 0 Å². The quantitative estimate of drug-likeness (QED) is 0.654. The van der Waals surface area contributed by atoms with E-state index in [2.05, 4.69) is 0 Å². The largest absolute Gasteiger partial charge is 0.393 e. The lowest BCUT2D eigenvalue weighted by Gasteiger charge is -2.25. The standard InChI is InChI=1S/C9H19NO2/c1-9(2,10)5-8(11)7-3-4-12-6-7/h7-8,11H,3-6,10H2,1-2H3. The number of hydrogen-bond acceptors (Lipinski definition) is 3. The van der Waals surface area contributed by atoms with Crippen LogP contribution < -0.4 is 5.73 Å². The molecule has 2 unspecified atom stereocenters. The van der Waals surface area contributed by atoms with Gasteiger partial charge in [-0.1, -0.05) is 0 Å². The molecule has 0 aromatic carbocycles. The van der Waals surface area contributed by atoms with E-state index in [-0.39, 0.29) is 11.6 Å². The Hall–Kier alpha value is -0.120. The van der Waals surface area contributed by atoms with Gasteiger partial charge < -0.3 is 15.6 Å². The second kappa shape index (κ2) is 3.73. The maximum absolute atomic E-state index is 9.72. The van der Waals surface area contributed by atoms with Crippen molar-refractivity contribution in [3.63, 3.8) is 0 Å². The molecule has 1 heterocycles. The zero-order valence-electron chi connectivity index (χ0n) is 7.92. The minimum Gasteiger partial charge on any atom is -0.393 e. The van der Waals surface area contributed by atoms with Crippen LogP contribution in [0, 0.1) is 5.92 Å². The van der Waals surface area contributed by atoms with Crippen molar-refractivity contribution in [2.24, 2.45) is 11.7 Å².